The summed E-state index contributed by atoms with van der Waals surface area (Å²) in [5, 5.41) is 23.7. The molecule has 0 heterocycles. The van der Waals surface area contributed by atoms with Gasteiger partial charge in [0.2, 0.25) is 5.91 Å². The molecule has 0 rings (SSSR count). The van der Waals surface area contributed by atoms with Gasteiger partial charge in [0, 0.05) is 6.42 Å². The summed E-state index contributed by atoms with van der Waals surface area (Å²) < 4.78 is 5.93. The molecule has 0 aliphatic heterocycles. The minimum Gasteiger partial charge on any atom is -0.462 e. The predicted molar refractivity (Wildman–Crippen MR) is 264 cm³/mol. The highest BCUT2D eigenvalue weighted by Gasteiger charge is 2.24. The maximum atomic E-state index is 13.2. The van der Waals surface area contributed by atoms with Crippen LogP contribution < -0.4 is 5.32 Å². The molecule has 1 amide bonds. The normalized spacial score (nSPS) is 13.6. The molecule has 0 bridgehead atoms. The Bertz CT molecular complexity index is 1050. The Morgan fingerprint density at radius 3 is 1.30 bits per heavy atom. The molecule has 0 aliphatic rings. The fourth-order valence-corrected chi connectivity index (χ4v) is 7.90. The van der Waals surface area contributed by atoms with Gasteiger partial charge in [-0.15, -0.1) is 0 Å². The molecule has 3 atom stereocenters. The summed E-state index contributed by atoms with van der Waals surface area (Å²) >= 11 is 0. The van der Waals surface area contributed by atoms with Gasteiger partial charge in [-0.2, -0.15) is 0 Å². The molecule has 0 fully saturated rings. The number of hydrogen-bond donors (Lipinski definition) is 3. The van der Waals surface area contributed by atoms with Gasteiger partial charge in [0.1, 0.15) is 6.10 Å². The van der Waals surface area contributed by atoms with Crippen LogP contribution in [0.4, 0.5) is 0 Å². The Kier molecular flexibility index (Phi) is 47.1. The topological polar surface area (TPSA) is 95.9 Å². The molecule has 6 nitrogen and oxygen atoms in total. The van der Waals surface area contributed by atoms with E-state index in [-0.39, 0.29) is 24.9 Å². The quantitative estimate of drug-likeness (QED) is 0.0245. The minimum absolute atomic E-state index is 0.0640. The van der Waals surface area contributed by atoms with E-state index in [1.807, 2.05) is 0 Å². The van der Waals surface area contributed by atoms with E-state index in [4.69, 9.17) is 4.74 Å². The van der Waals surface area contributed by atoms with Crippen LogP contribution in [-0.2, 0) is 14.3 Å². The van der Waals surface area contributed by atoms with Crippen LogP contribution in [0.2, 0.25) is 0 Å². The van der Waals surface area contributed by atoms with Crippen LogP contribution in [0.15, 0.2) is 48.6 Å². The molecule has 0 saturated carbocycles. The Hall–Kier alpha value is -2.18. The summed E-state index contributed by atoms with van der Waals surface area (Å²) in [7, 11) is 0. The Morgan fingerprint density at radius 1 is 0.475 bits per heavy atom. The molecule has 0 radical (unpaired) electrons. The predicted octanol–water partition coefficient (Wildman–Crippen LogP) is 15.8. The first-order valence-electron chi connectivity index (χ1n) is 26.4. The fraction of sp³-hybridized carbons (Fsp3) is 0.818. The van der Waals surface area contributed by atoms with E-state index < -0.39 is 18.2 Å². The van der Waals surface area contributed by atoms with Crippen molar-refractivity contribution < 1.29 is 24.5 Å². The van der Waals surface area contributed by atoms with Crippen LogP contribution in [0.3, 0.4) is 0 Å². The number of rotatable bonds is 47. The van der Waals surface area contributed by atoms with Crippen molar-refractivity contribution in [1.82, 2.24) is 5.32 Å². The number of nitrogens with one attached hydrogen (secondary N) is 1. The average molecular weight is 856 g/mol. The maximum Gasteiger partial charge on any atom is 0.306 e. The second-order valence-electron chi connectivity index (χ2n) is 18.0. The van der Waals surface area contributed by atoms with Gasteiger partial charge in [-0.05, 0) is 77.0 Å². The summed E-state index contributed by atoms with van der Waals surface area (Å²) in [4.78, 5) is 26.1. The van der Waals surface area contributed by atoms with E-state index >= 15 is 0 Å². The van der Waals surface area contributed by atoms with E-state index in [1.54, 1.807) is 0 Å². The van der Waals surface area contributed by atoms with Crippen LogP contribution in [-0.4, -0.2) is 46.9 Å². The van der Waals surface area contributed by atoms with E-state index in [2.05, 4.69) is 74.7 Å². The number of hydrogen-bond acceptors (Lipinski definition) is 5. The summed E-state index contributed by atoms with van der Waals surface area (Å²) in [5.74, 6) is -0.500. The molecule has 3 unspecified atom stereocenters. The molecule has 3 N–H and O–H groups in total. The second-order valence-corrected chi connectivity index (χ2v) is 18.0. The number of allylic oxidation sites excluding steroid dienone is 8. The van der Waals surface area contributed by atoms with E-state index in [0.29, 0.717) is 19.3 Å². The third kappa shape index (κ3) is 44.2. The van der Waals surface area contributed by atoms with Gasteiger partial charge >= 0.3 is 5.97 Å². The van der Waals surface area contributed by atoms with Gasteiger partial charge in [0.25, 0.3) is 0 Å². The fourth-order valence-electron chi connectivity index (χ4n) is 7.90. The number of carbonyl (C=O) groups is 2. The van der Waals surface area contributed by atoms with Crippen molar-refractivity contribution in [1.29, 1.82) is 0 Å². The highest BCUT2D eigenvalue weighted by molar-refractivity contribution is 5.77. The van der Waals surface area contributed by atoms with Gasteiger partial charge in [0.05, 0.1) is 25.2 Å². The first-order valence-corrected chi connectivity index (χ1v) is 26.4. The molecule has 0 aromatic carbocycles. The summed E-state index contributed by atoms with van der Waals surface area (Å²) in [6.07, 6.45) is 58.8. The molecule has 0 spiro atoms. The lowest BCUT2D eigenvalue weighted by Crippen LogP contribution is -2.46. The van der Waals surface area contributed by atoms with Gasteiger partial charge in [0.15, 0.2) is 0 Å². The molecule has 0 aliphatic carbocycles. The lowest BCUT2D eigenvalue weighted by atomic mass is 10.0. The van der Waals surface area contributed by atoms with Crippen molar-refractivity contribution in [2.24, 2.45) is 0 Å². The molecule has 356 valence electrons. The largest absolute Gasteiger partial charge is 0.462 e. The zero-order chi connectivity index (χ0) is 44.5. The SMILES string of the molecule is CCCCCCC/C=C/C=C/C=C/CCCCCCCC(=O)OC(CCCCCCC/C=C/CCCCCCCC)CC(=O)NC(CO)C(O)CCCCCCCCCCC. The summed E-state index contributed by atoms with van der Waals surface area (Å²) in [6.45, 7) is 6.45. The van der Waals surface area contributed by atoms with Crippen molar-refractivity contribution in [3.8, 4) is 0 Å². The number of unbranched alkanes of at least 4 members (excludes halogenated alkanes) is 29. The van der Waals surface area contributed by atoms with Crippen molar-refractivity contribution in [3.05, 3.63) is 48.6 Å². The van der Waals surface area contributed by atoms with E-state index in [0.717, 1.165) is 83.5 Å². The molecule has 0 saturated heterocycles. The summed E-state index contributed by atoms with van der Waals surface area (Å²) in [6, 6.07) is -0.707. The van der Waals surface area contributed by atoms with Crippen molar-refractivity contribution >= 4 is 11.9 Å². The number of amides is 1. The first kappa shape index (κ1) is 58.8. The maximum absolute atomic E-state index is 13.2. The summed E-state index contributed by atoms with van der Waals surface area (Å²) in [5.41, 5.74) is 0. The Balaban J connectivity index is 4.61. The number of aliphatic hydroxyl groups is 2. The van der Waals surface area contributed by atoms with Crippen LogP contribution in [0.25, 0.3) is 0 Å². The lowest BCUT2D eigenvalue weighted by Gasteiger charge is -2.24. The van der Waals surface area contributed by atoms with Crippen LogP contribution in [0, 0.1) is 0 Å². The Morgan fingerprint density at radius 2 is 0.852 bits per heavy atom. The highest BCUT2D eigenvalue weighted by Crippen LogP contribution is 2.17. The molecular weight excluding hydrogens is 755 g/mol. The highest BCUT2D eigenvalue weighted by atomic mass is 16.5. The molecule has 6 heteroatoms. The third-order valence-electron chi connectivity index (χ3n) is 11.9. The van der Waals surface area contributed by atoms with Crippen LogP contribution in [0.1, 0.15) is 265 Å². The van der Waals surface area contributed by atoms with Crippen molar-refractivity contribution in [3.63, 3.8) is 0 Å². The van der Waals surface area contributed by atoms with E-state index in [1.165, 1.54) is 135 Å². The number of carbonyl (C=O) groups excluding carboxylic acids is 2. The van der Waals surface area contributed by atoms with Crippen molar-refractivity contribution in [2.45, 2.75) is 283 Å². The van der Waals surface area contributed by atoms with E-state index in [9.17, 15) is 19.8 Å². The second kappa shape index (κ2) is 48.8. The van der Waals surface area contributed by atoms with Gasteiger partial charge in [-0.3, -0.25) is 9.59 Å². The molecule has 0 aromatic rings. The van der Waals surface area contributed by atoms with Gasteiger partial charge in [-0.25, -0.2) is 0 Å². The lowest BCUT2D eigenvalue weighted by molar-refractivity contribution is -0.151. The molecule has 61 heavy (non-hydrogen) atoms. The third-order valence-corrected chi connectivity index (χ3v) is 11.9. The molecule has 0 aromatic heterocycles. The van der Waals surface area contributed by atoms with Gasteiger partial charge in [-0.1, -0.05) is 223 Å². The standard InChI is InChI=1S/C55H101NO5/c1-4-7-10-13-16-19-21-23-25-26-27-29-31-33-36-39-42-45-48-55(60)61-51(46-43-40-37-35-32-30-28-24-22-20-17-14-11-8-5-2)49-54(59)56-52(50-57)53(58)47-44-41-38-34-18-15-12-9-6-3/h21,23-29,51-53,57-58H,4-20,22,30-50H2,1-3H3,(H,56,59)/b23-21+,26-25+,28-24+,29-27+. The Labute approximate surface area is 378 Å². The van der Waals surface area contributed by atoms with Gasteiger partial charge < -0.3 is 20.3 Å². The number of aliphatic hydroxyl groups excluding tert-OH is 2. The number of esters is 1. The van der Waals surface area contributed by atoms with Crippen LogP contribution in [0.5, 0.6) is 0 Å². The average Bonchev–Trinajstić information content (AvgIpc) is 3.25. The monoisotopic (exact) mass is 856 g/mol. The zero-order valence-corrected chi connectivity index (χ0v) is 40.5. The number of ether oxygens (including phenoxy) is 1. The zero-order valence-electron chi connectivity index (χ0n) is 40.5. The molecular formula is C55H101NO5. The van der Waals surface area contributed by atoms with Crippen LogP contribution >= 0.6 is 0 Å². The first-order chi connectivity index (χ1) is 30.0. The smallest absolute Gasteiger partial charge is 0.306 e. The minimum atomic E-state index is -0.792. The van der Waals surface area contributed by atoms with Crippen molar-refractivity contribution in [2.75, 3.05) is 6.61 Å².